The SMILES string of the molecule is Nc1c(Cc2ccccc2)cccc1NC(=O)CN1CCC(Cc2ccccc2)CC1. The van der Waals surface area contributed by atoms with Crippen LogP contribution in [0.1, 0.15) is 29.5 Å². The third-order valence-electron chi connectivity index (χ3n) is 6.15. The Balaban J connectivity index is 1.28. The number of hydrogen-bond acceptors (Lipinski definition) is 3. The lowest BCUT2D eigenvalue weighted by Crippen LogP contribution is -2.39. The molecular formula is C27H31N3O. The van der Waals surface area contributed by atoms with Gasteiger partial charge in [0.2, 0.25) is 5.91 Å². The molecule has 1 fully saturated rings. The third kappa shape index (κ3) is 5.96. The van der Waals surface area contributed by atoms with Gasteiger partial charge in [0.1, 0.15) is 0 Å². The highest BCUT2D eigenvalue weighted by atomic mass is 16.2. The number of hydrogen-bond donors (Lipinski definition) is 2. The molecule has 3 aromatic rings. The molecule has 0 atom stereocenters. The minimum Gasteiger partial charge on any atom is -0.397 e. The van der Waals surface area contributed by atoms with Crippen LogP contribution in [0.3, 0.4) is 0 Å². The maximum atomic E-state index is 12.7. The Morgan fingerprint density at radius 1 is 0.871 bits per heavy atom. The van der Waals surface area contributed by atoms with Crippen molar-refractivity contribution >= 4 is 17.3 Å². The van der Waals surface area contributed by atoms with Crippen LogP contribution in [0.15, 0.2) is 78.9 Å². The number of carbonyl (C=O) groups excluding carboxylic acids is 1. The zero-order chi connectivity index (χ0) is 21.5. The summed E-state index contributed by atoms with van der Waals surface area (Å²) in [5.41, 5.74) is 11.4. The molecule has 0 aromatic heterocycles. The highest BCUT2D eigenvalue weighted by molar-refractivity contribution is 5.95. The zero-order valence-electron chi connectivity index (χ0n) is 18.0. The molecule has 1 saturated heterocycles. The summed E-state index contributed by atoms with van der Waals surface area (Å²) in [4.78, 5) is 14.9. The van der Waals surface area contributed by atoms with Crippen molar-refractivity contribution in [2.75, 3.05) is 30.7 Å². The van der Waals surface area contributed by atoms with E-state index in [4.69, 9.17) is 5.73 Å². The van der Waals surface area contributed by atoms with Gasteiger partial charge < -0.3 is 11.1 Å². The Morgan fingerprint density at radius 3 is 2.19 bits per heavy atom. The number of nitrogen functional groups attached to an aromatic ring is 1. The molecule has 160 valence electrons. The Bertz CT molecular complexity index is 980. The van der Waals surface area contributed by atoms with E-state index in [2.05, 4.69) is 52.7 Å². The quantitative estimate of drug-likeness (QED) is 0.550. The summed E-state index contributed by atoms with van der Waals surface area (Å²) in [6, 6.07) is 26.8. The van der Waals surface area contributed by atoms with Gasteiger partial charge in [-0.15, -0.1) is 0 Å². The van der Waals surface area contributed by atoms with Gasteiger partial charge in [-0.05, 0) is 67.4 Å². The summed E-state index contributed by atoms with van der Waals surface area (Å²) >= 11 is 0. The molecule has 0 spiro atoms. The van der Waals surface area contributed by atoms with Crippen molar-refractivity contribution < 1.29 is 4.79 Å². The van der Waals surface area contributed by atoms with Crippen molar-refractivity contribution in [3.63, 3.8) is 0 Å². The van der Waals surface area contributed by atoms with E-state index in [1.54, 1.807) is 0 Å². The van der Waals surface area contributed by atoms with E-state index < -0.39 is 0 Å². The predicted molar refractivity (Wildman–Crippen MR) is 128 cm³/mol. The monoisotopic (exact) mass is 413 g/mol. The second-order valence-electron chi connectivity index (χ2n) is 8.50. The van der Waals surface area contributed by atoms with Crippen LogP contribution in [0.25, 0.3) is 0 Å². The number of carbonyl (C=O) groups is 1. The molecule has 0 radical (unpaired) electrons. The van der Waals surface area contributed by atoms with Crippen molar-refractivity contribution in [1.29, 1.82) is 0 Å². The summed E-state index contributed by atoms with van der Waals surface area (Å²) in [6.07, 6.45) is 4.16. The number of nitrogens with zero attached hydrogens (tertiary/aromatic N) is 1. The molecule has 0 unspecified atom stereocenters. The molecule has 3 aromatic carbocycles. The number of rotatable bonds is 7. The zero-order valence-corrected chi connectivity index (χ0v) is 18.0. The van der Waals surface area contributed by atoms with E-state index in [1.807, 2.05) is 36.4 Å². The van der Waals surface area contributed by atoms with Crippen LogP contribution in [0.4, 0.5) is 11.4 Å². The minimum atomic E-state index is 0.00469. The minimum absolute atomic E-state index is 0.00469. The predicted octanol–water partition coefficient (Wildman–Crippen LogP) is 4.75. The van der Waals surface area contributed by atoms with Gasteiger partial charge in [0.25, 0.3) is 0 Å². The lowest BCUT2D eigenvalue weighted by molar-refractivity contribution is -0.117. The van der Waals surface area contributed by atoms with Crippen LogP contribution < -0.4 is 11.1 Å². The summed E-state index contributed by atoms with van der Waals surface area (Å²) in [7, 11) is 0. The number of likely N-dealkylation sites (tertiary alicyclic amines) is 1. The van der Waals surface area contributed by atoms with Gasteiger partial charge in [0.15, 0.2) is 0 Å². The van der Waals surface area contributed by atoms with E-state index in [9.17, 15) is 4.79 Å². The van der Waals surface area contributed by atoms with Crippen molar-refractivity contribution in [2.45, 2.75) is 25.7 Å². The van der Waals surface area contributed by atoms with Crippen LogP contribution in [-0.4, -0.2) is 30.4 Å². The molecule has 1 aliphatic heterocycles. The maximum absolute atomic E-state index is 12.7. The topological polar surface area (TPSA) is 58.4 Å². The molecule has 4 heteroatoms. The van der Waals surface area contributed by atoms with Gasteiger partial charge in [-0.2, -0.15) is 0 Å². The second-order valence-corrected chi connectivity index (χ2v) is 8.50. The van der Waals surface area contributed by atoms with Crippen molar-refractivity contribution in [3.05, 3.63) is 95.6 Å². The van der Waals surface area contributed by atoms with Crippen molar-refractivity contribution in [1.82, 2.24) is 4.90 Å². The molecule has 31 heavy (non-hydrogen) atoms. The van der Waals surface area contributed by atoms with E-state index in [-0.39, 0.29) is 5.91 Å². The van der Waals surface area contributed by atoms with Gasteiger partial charge in [-0.1, -0.05) is 72.8 Å². The number of amides is 1. The standard InChI is InChI=1S/C27H31N3O/c28-27-24(19-22-10-5-2-6-11-22)12-7-13-25(27)29-26(31)20-30-16-14-23(15-17-30)18-21-8-3-1-4-9-21/h1-13,23H,14-20,28H2,(H,29,31). The van der Waals surface area contributed by atoms with Crippen LogP contribution in [-0.2, 0) is 17.6 Å². The molecule has 0 aliphatic carbocycles. The summed E-state index contributed by atoms with van der Waals surface area (Å²) in [5, 5.41) is 3.03. The Morgan fingerprint density at radius 2 is 1.52 bits per heavy atom. The van der Waals surface area contributed by atoms with Gasteiger partial charge in [0, 0.05) is 0 Å². The number of anilines is 2. The fourth-order valence-electron chi connectivity index (χ4n) is 4.38. The van der Waals surface area contributed by atoms with Crippen LogP contribution >= 0.6 is 0 Å². The fraction of sp³-hybridized carbons (Fsp3) is 0.296. The molecule has 3 N–H and O–H groups in total. The highest BCUT2D eigenvalue weighted by Crippen LogP contribution is 2.26. The lowest BCUT2D eigenvalue weighted by atomic mass is 9.90. The molecular weight excluding hydrogens is 382 g/mol. The number of benzene rings is 3. The smallest absolute Gasteiger partial charge is 0.238 e. The first kappa shape index (κ1) is 21.1. The van der Waals surface area contributed by atoms with Gasteiger partial charge in [0.05, 0.1) is 17.9 Å². The number of piperidine rings is 1. The summed E-state index contributed by atoms with van der Waals surface area (Å²) in [6.45, 7) is 2.35. The fourth-order valence-corrected chi connectivity index (χ4v) is 4.38. The van der Waals surface area contributed by atoms with E-state index >= 15 is 0 Å². The van der Waals surface area contributed by atoms with E-state index in [1.165, 1.54) is 11.1 Å². The summed E-state index contributed by atoms with van der Waals surface area (Å²) < 4.78 is 0. The number of nitrogens with one attached hydrogen (secondary N) is 1. The summed E-state index contributed by atoms with van der Waals surface area (Å²) in [5.74, 6) is 0.706. The molecule has 1 heterocycles. The van der Waals surface area contributed by atoms with Crippen LogP contribution in [0.5, 0.6) is 0 Å². The second kappa shape index (κ2) is 10.3. The average molecular weight is 414 g/mol. The molecule has 4 rings (SSSR count). The maximum Gasteiger partial charge on any atom is 0.238 e. The van der Waals surface area contributed by atoms with E-state index in [0.717, 1.165) is 44.3 Å². The average Bonchev–Trinajstić information content (AvgIpc) is 2.79. The molecule has 1 amide bonds. The first-order valence-corrected chi connectivity index (χ1v) is 11.1. The molecule has 4 nitrogen and oxygen atoms in total. The Labute approximate surface area is 185 Å². The van der Waals surface area contributed by atoms with Gasteiger partial charge in [-0.3, -0.25) is 9.69 Å². The van der Waals surface area contributed by atoms with Crippen LogP contribution in [0, 0.1) is 5.92 Å². The highest BCUT2D eigenvalue weighted by Gasteiger charge is 2.21. The molecule has 0 saturated carbocycles. The molecule has 1 aliphatic rings. The number of nitrogens with two attached hydrogens (primary N) is 1. The van der Waals surface area contributed by atoms with Crippen molar-refractivity contribution in [2.24, 2.45) is 5.92 Å². The van der Waals surface area contributed by atoms with Crippen LogP contribution in [0.2, 0.25) is 0 Å². The Kier molecular flexibility index (Phi) is 7.00. The first-order chi connectivity index (χ1) is 15.2. The first-order valence-electron chi connectivity index (χ1n) is 11.1. The van der Waals surface area contributed by atoms with E-state index in [0.29, 0.717) is 23.8 Å². The Hall–Kier alpha value is -3.11. The van der Waals surface area contributed by atoms with Gasteiger partial charge in [-0.25, -0.2) is 0 Å². The molecule has 0 bridgehead atoms. The lowest BCUT2D eigenvalue weighted by Gasteiger charge is -2.31. The normalized spacial score (nSPS) is 15.0. The van der Waals surface area contributed by atoms with Gasteiger partial charge >= 0.3 is 0 Å². The van der Waals surface area contributed by atoms with Crippen molar-refractivity contribution in [3.8, 4) is 0 Å². The third-order valence-corrected chi connectivity index (χ3v) is 6.15. The largest absolute Gasteiger partial charge is 0.397 e. The number of para-hydroxylation sites is 1.